The van der Waals surface area contributed by atoms with Gasteiger partial charge in [-0.2, -0.15) is 4.31 Å². The molecule has 152 valence electrons. The van der Waals surface area contributed by atoms with Crippen molar-refractivity contribution in [1.29, 1.82) is 0 Å². The van der Waals surface area contributed by atoms with Gasteiger partial charge in [-0.3, -0.25) is 4.79 Å². The van der Waals surface area contributed by atoms with E-state index in [1.165, 1.54) is 10.4 Å². The highest BCUT2D eigenvalue weighted by atomic mass is 35.5. The zero-order chi connectivity index (χ0) is 20.9. The molecule has 0 aliphatic heterocycles. The summed E-state index contributed by atoms with van der Waals surface area (Å²) < 4.78 is 27.0. The van der Waals surface area contributed by atoms with Crippen LogP contribution < -0.4 is 5.32 Å². The molecular weight excluding hydrogens is 419 g/mol. The van der Waals surface area contributed by atoms with Crippen molar-refractivity contribution in [2.24, 2.45) is 0 Å². The van der Waals surface area contributed by atoms with Gasteiger partial charge in [-0.05, 0) is 48.7 Å². The van der Waals surface area contributed by atoms with Gasteiger partial charge in [0.25, 0.3) is 5.91 Å². The molecule has 2 aromatic rings. The van der Waals surface area contributed by atoms with Crippen molar-refractivity contribution in [3.8, 4) is 0 Å². The fourth-order valence-electron chi connectivity index (χ4n) is 2.86. The molecule has 0 bridgehead atoms. The van der Waals surface area contributed by atoms with Crippen LogP contribution in [0.3, 0.4) is 0 Å². The summed E-state index contributed by atoms with van der Waals surface area (Å²) >= 11 is 12.0. The lowest BCUT2D eigenvalue weighted by molar-refractivity contribution is 0.0954. The van der Waals surface area contributed by atoms with Crippen LogP contribution in [0.15, 0.2) is 41.3 Å². The molecule has 5 nitrogen and oxygen atoms in total. The smallest absolute Gasteiger partial charge is 0.251 e. The van der Waals surface area contributed by atoms with E-state index in [2.05, 4.69) is 5.32 Å². The Labute approximate surface area is 176 Å². The molecule has 0 atom stereocenters. The van der Waals surface area contributed by atoms with E-state index in [1.54, 1.807) is 45.0 Å². The van der Waals surface area contributed by atoms with Crippen LogP contribution in [-0.2, 0) is 16.4 Å². The number of sulfonamides is 1. The number of carbonyl (C=O) groups excluding carboxylic acids is 1. The summed E-state index contributed by atoms with van der Waals surface area (Å²) in [6, 6.07) is 9.94. The third-order valence-electron chi connectivity index (χ3n) is 4.47. The van der Waals surface area contributed by atoms with Crippen LogP contribution in [0.2, 0.25) is 10.0 Å². The van der Waals surface area contributed by atoms with E-state index in [0.29, 0.717) is 47.2 Å². The monoisotopic (exact) mass is 442 g/mol. The van der Waals surface area contributed by atoms with E-state index in [1.807, 2.05) is 6.07 Å². The number of nitrogens with one attached hydrogen (secondary N) is 1. The number of hydrogen-bond donors (Lipinski definition) is 1. The highest BCUT2D eigenvalue weighted by molar-refractivity contribution is 7.89. The molecule has 0 aliphatic rings. The van der Waals surface area contributed by atoms with Crippen molar-refractivity contribution in [2.45, 2.75) is 32.1 Å². The molecule has 0 aromatic heterocycles. The van der Waals surface area contributed by atoms with Gasteiger partial charge in [0.1, 0.15) is 0 Å². The van der Waals surface area contributed by atoms with Crippen LogP contribution in [-0.4, -0.2) is 38.3 Å². The van der Waals surface area contributed by atoms with Gasteiger partial charge in [0.2, 0.25) is 10.0 Å². The molecule has 0 spiro atoms. The quantitative estimate of drug-likeness (QED) is 0.662. The van der Waals surface area contributed by atoms with Crippen molar-refractivity contribution in [3.63, 3.8) is 0 Å². The first-order valence-electron chi connectivity index (χ1n) is 9.03. The number of rotatable bonds is 8. The maximum absolute atomic E-state index is 12.8. The van der Waals surface area contributed by atoms with Crippen LogP contribution in [0.5, 0.6) is 0 Å². The highest BCUT2D eigenvalue weighted by Crippen LogP contribution is 2.22. The van der Waals surface area contributed by atoms with Crippen molar-refractivity contribution < 1.29 is 13.2 Å². The number of carbonyl (C=O) groups is 1. The summed E-state index contributed by atoms with van der Waals surface area (Å²) in [5, 5.41) is 3.91. The molecule has 0 radical (unpaired) electrons. The summed E-state index contributed by atoms with van der Waals surface area (Å²) in [5.74, 6) is -0.332. The van der Waals surface area contributed by atoms with Crippen molar-refractivity contribution >= 4 is 39.1 Å². The summed E-state index contributed by atoms with van der Waals surface area (Å²) in [5.41, 5.74) is 1.79. The van der Waals surface area contributed by atoms with Crippen LogP contribution in [0, 0.1) is 6.92 Å². The summed E-state index contributed by atoms with van der Waals surface area (Å²) in [7, 11) is -3.64. The Balaban J connectivity index is 2.14. The lowest BCUT2D eigenvalue weighted by Gasteiger charge is -2.20. The van der Waals surface area contributed by atoms with Gasteiger partial charge in [-0.15, -0.1) is 0 Å². The second-order valence-corrected chi connectivity index (χ2v) is 9.06. The second kappa shape index (κ2) is 9.74. The van der Waals surface area contributed by atoms with E-state index in [-0.39, 0.29) is 10.8 Å². The highest BCUT2D eigenvalue weighted by Gasteiger charge is 2.24. The molecule has 0 fully saturated rings. The second-order valence-electron chi connectivity index (χ2n) is 6.31. The van der Waals surface area contributed by atoms with Gasteiger partial charge >= 0.3 is 0 Å². The average molecular weight is 443 g/mol. The predicted molar refractivity (Wildman–Crippen MR) is 114 cm³/mol. The average Bonchev–Trinajstić information content (AvgIpc) is 2.64. The minimum Gasteiger partial charge on any atom is -0.352 e. The van der Waals surface area contributed by atoms with Gasteiger partial charge in [0, 0.05) is 35.2 Å². The Morgan fingerprint density at radius 2 is 1.75 bits per heavy atom. The van der Waals surface area contributed by atoms with Crippen LogP contribution in [0.4, 0.5) is 0 Å². The summed E-state index contributed by atoms with van der Waals surface area (Å²) in [6.07, 6.45) is 0.540. The van der Waals surface area contributed by atoms with Gasteiger partial charge in [-0.1, -0.05) is 49.2 Å². The Morgan fingerprint density at radius 3 is 2.36 bits per heavy atom. The Morgan fingerprint density at radius 1 is 1.07 bits per heavy atom. The molecule has 0 unspecified atom stereocenters. The van der Waals surface area contributed by atoms with Crippen molar-refractivity contribution in [3.05, 3.63) is 63.1 Å². The zero-order valence-corrected chi connectivity index (χ0v) is 18.5. The van der Waals surface area contributed by atoms with Crippen LogP contribution >= 0.6 is 23.2 Å². The number of amides is 1. The van der Waals surface area contributed by atoms with Gasteiger partial charge in [0.15, 0.2) is 0 Å². The SMILES string of the molecule is CCN(CC)S(=O)(=O)c1cc(C(=O)NCCc2ccc(Cl)cc2Cl)ccc1C. The zero-order valence-electron chi connectivity index (χ0n) is 16.1. The van der Waals surface area contributed by atoms with Crippen molar-refractivity contribution in [2.75, 3.05) is 19.6 Å². The maximum Gasteiger partial charge on any atom is 0.251 e. The first-order chi connectivity index (χ1) is 13.2. The first-order valence-corrected chi connectivity index (χ1v) is 11.2. The molecule has 2 aromatic carbocycles. The first kappa shape index (κ1) is 22.7. The number of nitrogens with zero attached hydrogens (tertiary/aromatic N) is 1. The van der Waals surface area contributed by atoms with Crippen LogP contribution in [0.1, 0.15) is 35.3 Å². The third-order valence-corrected chi connectivity index (χ3v) is 7.25. The third kappa shape index (κ3) is 5.26. The molecule has 8 heteroatoms. The lowest BCUT2D eigenvalue weighted by Crippen LogP contribution is -2.31. The Hall–Kier alpha value is -1.60. The molecule has 28 heavy (non-hydrogen) atoms. The fourth-order valence-corrected chi connectivity index (χ4v) is 5.07. The van der Waals surface area contributed by atoms with Crippen molar-refractivity contribution in [1.82, 2.24) is 9.62 Å². The van der Waals surface area contributed by atoms with E-state index >= 15 is 0 Å². The molecular formula is C20H24Cl2N2O3S. The number of benzene rings is 2. The molecule has 0 saturated carbocycles. The molecule has 0 aliphatic carbocycles. The summed E-state index contributed by atoms with van der Waals surface area (Å²) in [6.45, 7) is 6.41. The van der Waals surface area contributed by atoms with E-state index in [4.69, 9.17) is 23.2 Å². The Kier molecular flexibility index (Phi) is 7.89. The fraction of sp³-hybridized carbons (Fsp3) is 0.350. The minimum absolute atomic E-state index is 0.157. The van der Waals surface area contributed by atoms with Crippen LogP contribution in [0.25, 0.3) is 0 Å². The van der Waals surface area contributed by atoms with E-state index < -0.39 is 10.0 Å². The number of hydrogen-bond acceptors (Lipinski definition) is 3. The lowest BCUT2D eigenvalue weighted by atomic mass is 10.1. The number of halogens is 2. The molecule has 1 N–H and O–H groups in total. The maximum atomic E-state index is 12.8. The van der Waals surface area contributed by atoms with Gasteiger partial charge in [-0.25, -0.2) is 8.42 Å². The molecule has 2 rings (SSSR count). The number of aryl methyl sites for hydroxylation is 1. The minimum atomic E-state index is -3.64. The normalized spacial score (nSPS) is 11.6. The standard InChI is InChI=1S/C20H24Cl2N2O3S/c1-4-24(5-2)28(26,27)19-12-16(7-6-14(19)3)20(25)23-11-10-15-8-9-17(21)13-18(15)22/h6-9,12-13H,4-5,10-11H2,1-3H3,(H,23,25). The van der Waals surface area contributed by atoms with E-state index in [0.717, 1.165) is 5.56 Å². The largest absolute Gasteiger partial charge is 0.352 e. The van der Waals surface area contributed by atoms with Gasteiger partial charge in [0.05, 0.1) is 4.90 Å². The molecule has 1 amide bonds. The van der Waals surface area contributed by atoms with Gasteiger partial charge < -0.3 is 5.32 Å². The summed E-state index contributed by atoms with van der Waals surface area (Å²) in [4.78, 5) is 12.7. The predicted octanol–water partition coefficient (Wildman–Crippen LogP) is 4.30. The van der Waals surface area contributed by atoms with E-state index in [9.17, 15) is 13.2 Å². The topological polar surface area (TPSA) is 66.5 Å². The molecule has 0 heterocycles. The molecule has 0 saturated heterocycles. The Bertz CT molecular complexity index is 958.